The van der Waals surface area contributed by atoms with Crippen molar-refractivity contribution in [3.05, 3.63) is 199 Å². The van der Waals surface area contributed by atoms with Gasteiger partial charge in [-0.25, -0.2) is 0 Å². The van der Waals surface area contributed by atoms with Gasteiger partial charge in [0, 0.05) is 34.1 Å². The largest absolute Gasteiger partial charge is 0.310 e. The summed E-state index contributed by atoms with van der Waals surface area (Å²) in [7, 11) is 0. The predicted octanol–water partition coefficient (Wildman–Crippen LogP) is 11.6. The molecular formula is C49H36N8. The maximum atomic E-state index is 5.43. The Hall–Kier alpha value is -8.02. The summed E-state index contributed by atoms with van der Waals surface area (Å²) >= 11 is 0. The van der Waals surface area contributed by atoms with Crippen molar-refractivity contribution in [3.8, 4) is 34.8 Å². The number of allylic oxidation sites excluding steroid dienone is 1. The fraction of sp³-hybridized carbons (Fsp3) is 0.0204. The van der Waals surface area contributed by atoms with Crippen LogP contribution in [0.15, 0.2) is 188 Å². The van der Waals surface area contributed by atoms with Gasteiger partial charge in [-0.05, 0) is 127 Å². The van der Waals surface area contributed by atoms with Gasteiger partial charge >= 0.3 is 0 Å². The maximum Gasteiger partial charge on any atom is 0.113 e. The highest BCUT2D eigenvalue weighted by Crippen LogP contribution is 2.38. The van der Waals surface area contributed by atoms with Gasteiger partial charge in [-0.3, -0.25) is 0 Å². The zero-order chi connectivity index (χ0) is 38.6. The highest BCUT2D eigenvalue weighted by Gasteiger charge is 2.17. The Kier molecular flexibility index (Phi) is 9.37. The summed E-state index contributed by atoms with van der Waals surface area (Å²) in [4.78, 5) is 7.84. The van der Waals surface area contributed by atoms with E-state index in [2.05, 4.69) is 147 Å². The van der Waals surface area contributed by atoms with E-state index in [-0.39, 0.29) is 0 Å². The van der Waals surface area contributed by atoms with Crippen LogP contribution in [0.3, 0.4) is 0 Å². The van der Waals surface area contributed by atoms with E-state index in [9.17, 15) is 0 Å². The highest BCUT2D eigenvalue weighted by atomic mass is 15.5. The number of anilines is 6. The molecule has 0 N–H and O–H groups in total. The smallest absolute Gasteiger partial charge is 0.113 e. The summed E-state index contributed by atoms with van der Waals surface area (Å²) in [6.45, 7) is 1.93. The summed E-state index contributed by atoms with van der Waals surface area (Å²) < 4.78 is 0. The number of terminal acetylenes is 1. The quantitative estimate of drug-likeness (QED) is 0.130. The monoisotopic (exact) mass is 736 g/mol. The van der Waals surface area contributed by atoms with Gasteiger partial charge in [0.1, 0.15) is 16.7 Å². The number of hydrogen-bond donors (Lipinski definition) is 0. The average Bonchev–Trinajstić information content (AvgIpc) is 3.88. The Morgan fingerprint density at radius 2 is 0.877 bits per heavy atom. The van der Waals surface area contributed by atoms with Crippen LogP contribution in [0.1, 0.15) is 11.4 Å². The van der Waals surface area contributed by atoms with Gasteiger partial charge in [0.2, 0.25) is 0 Å². The first-order valence-electron chi connectivity index (χ1n) is 18.6. The van der Waals surface area contributed by atoms with E-state index >= 15 is 0 Å². The lowest BCUT2D eigenvalue weighted by molar-refractivity contribution is 0.744. The van der Waals surface area contributed by atoms with Crippen molar-refractivity contribution in [2.24, 2.45) is 0 Å². The molecule has 0 atom stereocenters. The summed E-state index contributed by atoms with van der Waals surface area (Å²) in [6, 6.07) is 62.6. The summed E-state index contributed by atoms with van der Waals surface area (Å²) in [5, 5.41) is 18.8. The van der Waals surface area contributed by atoms with Crippen molar-refractivity contribution in [2.75, 3.05) is 9.80 Å². The van der Waals surface area contributed by atoms with Crippen LogP contribution in [0.2, 0.25) is 0 Å². The van der Waals surface area contributed by atoms with Gasteiger partial charge in [0.15, 0.2) is 0 Å². The molecule has 0 saturated heterocycles. The zero-order valence-corrected chi connectivity index (χ0v) is 31.1. The van der Waals surface area contributed by atoms with E-state index in [1.807, 2.05) is 67.6 Å². The third kappa shape index (κ3) is 7.17. The van der Waals surface area contributed by atoms with Crippen LogP contribution in [0.25, 0.3) is 39.6 Å². The lowest BCUT2D eigenvalue weighted by atomic mass is 10.0. The first kappa shape index (κ1) is 34.7. The predicted molar refractivity (Wildman–Crippen MR) is 231 cm³/mol. The molecule has 0 aliphatic carbocycles. The second-order valence-electron chi connectivity index (χ2n) is 13.4. The molecule has 9 aromatic rings. The molecule has 8 nitrogen and oxygen atoms in total. The fourth-order valence-electron chi connectivity index (χ4n) is 6.93. The first-order valence-corrected chi connectivity index (χ1v) is 18.6. The van der Waals surface area contributed by atoms with Crippen LogP contribution in [-0.4, -0.2) is 30.0 Å². The molecule has 0 spiro atoms. The minimum Gasteiger partial charge on any atom is -0.310 e. The molecule has 272 valence electrons. The molecule has 2 heterocycles. The van der Waals surface area contributed by atoms with Crippen molar-refractivity contribution in [3.63, 3.8) is 0 Å². The molecule has 0 aliphatic heterocycles. The van der Waals surface area contributed by atoms with Gasteiger partial charge < -0.3 is 9.80 Å². The van der Waals surface area contributed by atoms with Crippen molar-refractivity contribution in [1.29, 1.82) is 0 Å². The van der Waals surface area contributed by atoms with Crippen LogP contribution in [0, 0.1) is 19.3 Å². The van der Waals surface area contributed by atoms with E-state index in [1.165, 1.54) is 0 Å². The van der Waals surface area contributed by atoms with Crippen LogP contribution in [-0.2, 0) is 0 Å². The maximum absolute atomic E-state index is 5.43. The lowest BCUT2D eigenvalue weighted by Gasteiger charge is -2.26. The Morgan fingerprint density at radius 3 is 1.35 bits per heavy atom. The molecule has 0 unspecified atom stereocenters. The summed E-state index contributed by atoms with van der Waals surface area (Å²) in [6.07, 6.45) is 8.87. The number of rotatable bonds is 10. The van der Waals surface area contributed by atoms with Gasteiger partial charge in [0.25, 0.3) is 0 Å². The number of aromatic nitrogens is 6. The number of benzene rings is 7. The third-order valence-corrected chi connectivity index (χ3v) is 9.69. The molecule has 8 heteroatoms. The van der Waals surface area contributed by atoms with Crippen LogP contribution in [0.5, 0.6) is 0 Å². The van der Waals surface area contributed by atoms with Crippen LogP contribution < -0.4 is 9.80 Å². The Morgan fingerprint density at radius 1 is 0.456 bits per heavy atom. The van der Waals surface area contributed by atoms with E-state index in [0.29, 0.717) is 0 Å². The first-order chi connectivity index (χ1) is 28.1. The van der Waals surface area contributed by atoms with E-state index in [1.54, 1.807) is 21.7 Å². The van der Waals surface area contributed by atoms with Gasteiger partial charge in [-0.1, -0.05) is 90.8 Å². The normalized spacial score (nSPS) is 11.2. The Balaban J connectivity index is 1.02. The molecule has 2 aromatic heterocycles. The average molecular weight is 737 g/mol. The topological polar surface area (TPSA) is 67.9 Å². The van der Waals surface area contributed by atoms with Crippen molar-refractivity contribution in [2.45, 2.75) is 6.92 Å². The lowest BCUT2D eigenvalue weighted by Crippen LogP contribution is -2.11. The van der Waals surface area contributed by atoms with Crippen LogP contribution in [0.4, 0.5) is 34.1 Å². The summed E-state index contributed by atoms with van der Waals surface area (Å²) in [5.41, 5.74) is 13.3. The Labute approximate surface area is 331 Å². The van der Waals surface area contributed by atoms with Gasteiger partial charge in [0.05, 0.1) is 17.1 Å². The zero-order valence-electron chi connectivity index (χ0n) is 31.1. The number of aryl methyl sites for hydroxylation is 1. The fourth-order valence-corrected chi connectivity index (χ4v) is 6.93. The SMILES string of the molecule is C#C/C=C\c1nn(-c2cccc(N(c3ccccc3)c3ccc(-c4ccc(N(c5ccccc5)c5cccc(-n6nc7ccccc7n6)c5)cc4)cc3)c2)nc1C. The van der Waals surface area contributed by atoms with E-state index < -0.39 is 0 Å². The van der Waals surface area contributed by atoms with Gasteiger partial charge in [-0.2, -0.15) is 14.7 Å². The van der Waals surface area contributed by atoms with Crippen LogP contribution >= 0.6 is 0 Å². The molecule has 57 heavy (non-hydrogen) atoms. The molecular weight excluding hydrogens is 701 g/mol. The Bertz CT molecular complexity index is 2830. The molecule has 0 amide bonds. The van der Waals surface area contributed by atoms with E-state index in [0.717, 1.165) is 79.0 Å². The number of fused-ring (bicyclic) bond motifs is 1. The minimum atomic E-state index is 0.737. The van der Waals surface area contributed by atoms with Crippen molar-refractivity contribution in [1.82, 2.24) is 30.0 Å². The van der Waals surface area contributed by atoms with Crippen molar-refractivity contribution >= 4 is 51.2 Å². The molecule has 0 bridgehead atoms. The van der Waals surface area contributed by atoms with Gasteiger partial charge in [-0.15, -0.1) is 21.7 Å². The highest BCUT2D eigenvalue weighted by molar-refractivity contribution is 5.82. The minimum absolute atomic E-state index is 0.737. The third-order valence-electron chi connectivity index (χ3n) is 9.69. The second-order valence-corrected chi connectivity index (χ2v) is 13.4. The van der Waals surface area contributed by atoms with Crippen molar-refractivity contribution < 1.29 is 0 Å². The second kappa shape index (κ2) is 15.4. The molecule has 0 radical (unpaired) electrons. The van der Waals surface area contributed by atoms with E-state index in [4.69, 9.17) is 16.6 Å². The summed E-state index contributed by atoms with van der Waals surface area (Å²) in [5.74, 6) is 2.53. The standard InChI is InChI=1S/C49H36N8/c1-3-4-23-47-36(2)50-56(51-47)45-21-13-19-43(34-45)54(39-15-7-5-8-16-39)41-30-26-37(27-31-41)38-28-32-42(33-29-38)55(40-17-9-6-10-18-40)44-20-14-22-46(35-44)57-52-48-24-11-12-25-49(48)53-57/h1,4-35H,2H3/b23-4-. The molecule has 0 saturated carbocycles. The number of para-hydroxylation sites is 2. The molecule has 7 aromatic carbocycles. The number of hydrogen-bond acceptors (Lipinski definition) is 6. The molecule has 9 rings (SSSR count). The molecule has 0 aliphatic rings. The molecule has 0 fully saturated rings. The number of nitrogens with zero attached hydrogens (tertiary/aromatic N) is 8.